The first-order valence-corrected chi connectivity index (χ1v) is 6.08. The Morgan fingerprint density at radius 1 is 1.11 bits per heavy atom. The zero-order chi connectivity index (χ0) is 13.5. The van der Waals surface area contributed by atoms with Crippen LogP contribution < -0.4 is 5.32 Å². The van der Waals surface area contributed by atoms with Gasteiger partial charge in [0.05, 0.1) is 0 Å². The highest BCUT2D eigenvalue weighted by atomic mass is 35.5. The van der Waals surface area contributed by atoms with Gasteiger partial charge in [0.1, 0.15) is 23.0 Å². The van der Waals surface area contributed by atoms with Crippen molar-refractivity contribution in [3.63, 3.8) is 0 Å². The van der Waals surface area contributed by atoms with Gasteiger partial charge in [0.2, 0.25) is 0 Å². The molecule has 0 atom stereocenters. The molecule has 0 aromatic heterocycles. The van der Waals surface area contributed by atoms with Crippen LogP contribution in [0.2, 0.25) is 0 Å². The first kappa shape index (κ1) is 14.8. The molecule has 1 aromatic carbocycles. The van der Waals surface area contributed by atoms with Gasteiger partial charge in [-0.3, -0.25) is 4.79 Å². The van der Waals surface area contributed by atoms with Crippen LogP contribution in [0.15, 0.2) is 12.1 Å². The quantitative estimate of drug-likeness (QED) is 0.629. The van der Waals surface area contributed by atoms with Gasteiger partial charge in [-0.1, -0.05) is 6.42 Å². The topological polar surface area (TPSA) is 29.1 Å². The third-order valence-electron chi connectivity index (χ3n) is 2.33. The average molecular weight is 280 g/mol. The summed E-state index contributed by atoms with van der Waals surface area (Å²) in [4.78, 5) is 11.5. The lowest BCUT2D eigenvalue weighted by atomic mass is 10.1. The van der Waals surface area contributed by atoms with Crippen LogP contribution in [-0.4, -0.2) is 18.3 Å². The molecule has 0 aliphatic heterocycles. The van der Waals surface area contributed by atoms with Crippen molar-refractivity contribution in [2.45, 2.75) is 19.3 Å². The molecule has 1 N–H and O–H groups in total. The smallest absolute Gasteiger partial charge is 0.257 e. The van der Waals surface area contributed by atoms with Crippen molar-refractivity contribution < 1.29 is 18.0 Å². The third kappa shape index (κ3) is 4.22. The van der Waals surface area contributed by atoms with Crippen LogP contribution in [0.4, 0.5) is 13.2 Å². The molecule has 0 bridgehead atoms. The molecule has 6 heteroatoms. The fraction of sp³-hybridized carbons (Fsp3) is 0.417. The molecule has 0 fully saturated rings. The van der Waals surface area contributed by atoms with Crippen molar-refractivity contribution in [3.8, 4) is 0 Å². The zero-order valence-corrected chi connectivity index (χ0v) is 10.4. The molecule has 2 nitrogen and oxygen atoms in total. The van der Waals surface area contributed by atoms with Crippen molar-refractivity contribution in [2.24, 2.45) is 0 Å². The van der Waals surface area contributed by atoms with Gasteiger partial charge in [-0.25, -0.2) is 13.2 Å². The number of amides is 1. The summed E-state index contributed by atoms with van der Waals surface area (Å²) in [5.74, 6) is -3.80. The van der Waals surface area contributed by atoms with Gasteiger partial charge in [-0.15, -0.1) is 11.6 Å². The highest BCUT2D eigenvalue weighted by molar-refractivity contribution is 6.17. The molecule has 1 amide bonds. The Kier molecular flexibility index (Phi) is 5.98. The lowest BCUT2D eigenvalue weighted by Gasteiger charge is -2.07. The van der Waals surface area contributed by atoms with Gasteiger partial charge in [0.25, 0.3) is 5.91 Å². The standard InChI is InChI=1S/C12H13ClF3NO/c13-4-2-1-3-5-17-12(18)11-9(15)6-8(14)7-10(11)16/h6-7H,1-5H2,(H,17,18). The van der Waals surface area contributed by atoms with E-state index >= 15 is 0 Å². The molecule has 0 saturated heterocycles. The molecule has 0 aliphatic carbocycles. The number of carbonyl (C=O) groups is 1. The van der Waals surface area contributed by atoms with E-state index in [9.17, 15) is 18.0 Å². The predicted molar refractivity (Wildman–Crippen MR) is 63.2 cm³/mol. The Morgan fingerprint density at radius 2 is 1.72 bits per heavy atom. The number of halogens is 4. The number of carbonyl (C=O) groups excluding carboxylic acids is 1. The Morgan fingerprint density at radius 3 is 2.28 bits per heavy atom. The average Bonchev–Trinajstić information content (AvgIpc) is 2.27. The van der Waals surface area contributed by atoms with Gasteiger partial charge in [0.15, 0.2) is 0 Å². The molecule has 1 aromatic rings. The normalized spacial score (nSPS) is 10.4. The molecule has 0 spiro atoms. The number of nitrogens with one attached hydrogen (secondary N) is 1. The molecule has 0 unspecified atom stereocenters. The second-order valence-electron chi connectivity index (χ2n) is 3.75. The molecule has 0 aliphatic rings. The largest absolute Gasteiger partial charge is 0.352 e. The number of hydrogen-bond acceptors (Lipinski definition) is 1. The summed E-state index contributed by atoms with van der Waals surface area (Å²) < 4.78 is 39.1. The highest BCUT2D eigenvalue weighted by Gasteiger charge is 2.18. The van der Waals surface area contributed by atoms with Gasteiger partial charge in [-0.2, -0.15) is 0 Å². The first-order chi connectivity index (χ1) is 8.56. The summed E-state index contributed by atoms with van der Waals surface area (Å²) in [6, 6.07) is 0.955. The minimum absolute atomic E-state index is 0.298. The maximum Gasteiger partial charge on any atom is 0.257 e. The summed E-state index contributed by atoms with van der Waals surface area (Å²) in [6.07, 6.45) is 2.30. The lowest BCUT2D eigenvalue weighted by Crippen LogP contribution is -2.26. The summed E-state index contributed by atoms with van der Waals surface area (Å²) in [7, 11) is 0. The summed E-state index contributed by atoms with van der Waals surface area (Å²) in [5.41, 5.74) is -0.756. The number of unbranched alkanes of at least 4 members (excludes halogenated alkanes) is 2. The predicted octanol–water partition coefficient (Wildman–Crippen LogP) is 3.24. The number of hydrogen-bond donors (Lipinski definition) is 1. The van der Waals surface area contributed by atoms with E-state index in [0.717, 1.165) is 12.8 Å². The van der Waals surface area contributed by atoms with E-state index in [4.69, 9.17) is 11.6 Å². The fourth-order valence-corrected chi connectivity index (χ4v) is 1.63. The maximum absolute atomic E-state index is 13.2. The summed E-state index contributed by atoms with van der Waals surface area (Å²) >= 11 is 5.47. The number of rotatable bonds is 6. The van der Waals surface area contributed by atoms with Crippen LogP contribution in [0.1, 0.15) is 29.6 Å². The summed E-state index contributed by atoms with van der Waals surface area (Å²) in [6.45, 7) is 0.298. The van der Waals surface area contributed by atoms with Crippen molar-refractivity contribution >= 4 is 17.5 Å². The molecule has 0 heterocycles. The second-order valence-corrected chi connectivity index (χ2v) is 4.13. The van der Waals surface area contributed by atoms with Crippen molar-refractivity contribution in [3.05, 3.63) is 35.1 Å². The fourth-order valence-electron chi connectivity index (χ4n) is 1.45. The highest BCUT2D eigenvalue weighted by Crippen LogP contribution is 2.14. The maximum atomic E-state index is 13.2. The Hall–Kier alpha value is -1.23. The van der Waals surface area contributed by atoms with E-state index in [0.29, 0.717) is 31.0 Å². The van der Waals surface area contributed by atoms with Crippen LogP contribution in [0.5, 0.6) is 0 Å². The van der Waals surface area contributed by atoms with E-state index in [-0.39, 0.29) is 0 Å². The van der Waals surface area contributed by atoms with Crippen molar-refractivity contribution in [1.29, 1.82) is 0 Å². The summed E-state index contributed by atoms with van der Waals surface area (Å²) in [5, 5.41) is 2.37. The van der Waals surface area contributed by atoms with Crippen LogP contribution in [0, 0.1) is 17.5 Å². The van der Waals surface area contributed by atoms with E-state index in [2.05, 4.69) is 5.32 Å². The van der Waals surface area contributed by atoms with Crippen LogP contribution in [0.25, 0.3) is 0 Å². The number of benzene rings is 1. The van der Waals surface area contributed by atoms with Crippen molar-refractivity contribution in [1.82, 2.24) is 5.32 Å². The SMILES string of the molecule is O=C(NCCCCCCl)c1c(F)cc(F)cc1F. The number of alkyl halides is 1. The van der Waals surface area contributed by atoms with Crippen molar-refractivity contribution in [2.75, 3.05) is 12.4 Å². The Bertz CT molecular complexity index is 403. The molecule has 1 rings (SSSR count). The van der Waals surface area contributed by atoms with E-state index in [1.54, 1.807) is 0 Å². The van der Waals surface area contributed by atoms with Gasteiger partial charge in [0, 0.05) is 24.6 Å². The van der Waals surface area contributed by atoms with E-state index in [1.165, 1.54) is 0 Å². The molecule has 100 valence electrons. The van der Waals surface area contributed by atoms with Crippen LogP contribution in [-0.2, 0) is 0 Å². The third-order valence-corrected chi connectivity index (χ3v) is 2.60. The van der Waals surface area contributed by atoms with Crippen LogP contribution in [0.3, 0.4) is 0 Å². The van der Waals surface area contributed by atoms with E-state index in [1.807, 2.05) is 0 Å². The first-order valence-electron chi connectivity index (χ1n) is 5.55. The van der Waals surface area contributed by atoms with Gasteiger partial charge >= 0.3 is 0 Å². The molecule has 18 heavy (non-hydrogen) atoms. The second kappa shape index (κ2) is 7.26. The van der Waals surface area contributed by atoms with Gasteiger partial charge in [-0.05, 0) is 12.8 Å². The van der Waals surface area contributed by atoms with Crippen LogP contribution >= 0.6 is 11.6 Å². The minimum Gasteiger partial charge on any atom is -0.352 e. The Labute approximate surface area is 108 Å². The van der Waals surface area contributed by atoms with Gasteiger partial charge < -0.3 is 5.32 Å². The monoisotopic (exact) mass is 279 g/mol. The molecule has 0 saturated carbocycles. The zero-order valence-electron chi connectivity index (χ0n) is 9.61. The Balaban J connectivity index is 2.57. The molecule has 0 radical (unpaired) electrons. The molecular weight excluding hydrogens is 267 g/mol. The lowest BCUT2D eigenvalue weighted by molar-refractivity contribution is 0.0944. The molecular formula is C12H13ClF3NO. The van der Waals surface area contributed by atoms with E-state index < -0.39 is 28.9 Å². The minimum atomic E-state index is -1.20.